The number of nitrogens with two attached hydrogens (primary N) is 1. The van der Waals surface area contributed by atoms with Gasteiger partial charge in [0.1, 0.15) is 5.00 Å². The normalized spacial score (nSPS) is 16.1. The van der Waals surface area contributed by atoms with Crippen molar-refractivity contribution < 1.29 is 9.59 Å². The van der Waals surface area contributed by atoms with Crippen molar-refractivity contribution in [3.05, 3.63) is 57.6 Å². The molecule has 4 rings (SSSR count). The number of pyridine rings is 1. The monoisotopic (exact) mass is 379 g/mol. The molecule has 2 aromatic heterocycles. The molecule has 0 fully saturated rings. The van der Waals surface area contributed by atoms with Crippen LogP contribution < -0.4 is 11.1 Å². The number of anilines is 1. The van der Waals surface area contributed by atoms with Gasteiger partial charge in [-0.3, -0.25) is 14.6 Å². The van der Waals surface area contributed by atoms with Gasteiger partial charge >= 0.3 is 0 Å². The molecule has 1 atom stereocenters. The van der Waals surface area contributed by atoms with E-state index in [9.17, 15) is 9.59 Å². The van der Waals surface area contributed by atoms with Crippen LogP contribution in [0.3, 0.4) is 0 Å². The Morgan fingerprint density at radius 1 is 1.30 bits per heavy atom. The number of amides is 2. The van der Waals surface area contributed by atoms with Crippen LogP contribution in [0.1, 0.15) is 50.2 Å². The highest BCUT2D eigenvalue weighted by Crippen LogP contribution is 2.39. The molecule has 0 spiro atoms. The standard InChI is InChI=1S/C21H21N3O2S/c1-11-7-8-14-17(9-11)27-21(18(14)19(22)25)24-20(26)15-10-12(2)23-16-6-4-3-5-13(15)16/h3-6,10-11H,7-9H2,1-2H3,(H2,22,25)(H,24,26)/t11-/m1/s1. The van der Waals surface area contributed by atoms with Crippen LogP contribution in [-0.4, -0.2) is 16.8 Å². The van der Waals surface area contributed by atoms with Crippen molar-refractivity contribution in [1.82, 2.24) is 4.98 Å². The second-order valence-electron chi connectivity index (χ2n) is 7.20. The Bertz CT molecular complexity index is 1070. The van der Waals surface area contributed by atoms with E-state index in [1.165, 1.54) is 11.3 Å². The van der Waals surface area contributed by atoms with Crippen molar-refractivity contribution in [3.8, 4) is 0 Å². The van der Waals surface area contributed by atoms with Crippen molar-refractivity contribution in [2.75, 3.05) is 5.32 Å². The molecule has 0 unspecified atom stereocenters. The first-order valence-electron chi connectivity index (χ1n) is 9.06. The van der Waals surface area contributed by atoms with E-state index in [4.69, 9.17) is 5.73 Å². The number of benzene rings is 1. The third kappa shape index (κ3) is 3.21. The Labute approximate surface area is 161 Å². The van der Waals surface area contributed by atoms with Gasteiger partial charge in [0.05, 0.1) is 16.6 Å². The van der Waals surface area contributed by atoms with Gasteiger partial charge in [-0.05, 0) is 49.8 Å². The molecule has 1 aliphatic rings. The number of nitrogens with zero attached hydrogens (tertiary/aromatic N) is 1. The van der Waals surface area contributed by atoms with Crippen molar-refractivity contribution in [2.45, 2.75) is 33.1 Å². The highest BCUT2D eigenvalue weighted by atomic mass is 32.1. The molecular weight excluding hydrogens is 358 g/mol. The highest BCUT2D eigenvalue weighted by molar-refractivity contribution is 7.17. The molecule has 1 aromatic carbocycles. The molecule has 1 aliphatic carbocycles. The molecule has 138 valence electrons. The van der Waals surface area contributed by atoms with E-state index < -0.39 is 5.91 Å². The van der Waals surface area contributed by atoms with Crippen molar-refractivity contribution in [2.24, 2.45) is 11.7 Å². The summed E-state index contributed by atoms with van der Waals surface area (Å²) in [6, 6.07) is 9.33. The fourth-order valence-corrected chi connectivity index (χ4v) is 5.18. The van der Waals surface area contributed by atoms with Crippen LogP contribution in [0.5, 0.6) is 0 Å². The third-order valence-corrected chi connectivity index (χ3v) is 6.24. The molecule has 6 heteroatoms. The summed E-state index contributed by atoms with van der Waals surface area (Å²) in [7, 11) is 0. The van der Waals surface area contributed by atoms with E-state index in [1.54, 1.807) is 6.07 Å². The van der Waals surface area contributed by atoms with Gasteiger partial charge < -0.3 is 11.1 Å². The van der Waals surface area contributed by atoms with E-state index in [1.807, 2.05) is 31.2 Å². The summed E-state index contributed by atoms with van der Waals surface area (Å²) in [6.45, 7) is 4.07. The van der Waals surface area contributed by atoms with Crippen molar-refractivity contribution in [1.29, 1.82) is 0 Å². The number of aryl methyl sites for hydroxylation is 1. The molecule has 27 heavy (non-hydrogen) atoms. The number of rotatable bonds is 3. The fourth-order valence-electron chi connectivity index (χ4n) is 3.77. The number of nitrogens with one attached hydrogen (secondary N) is 1. The number of thiophene rings is 1. The van der Waals surface area contributed by atoms with E-state index in [2.05, 4.69) is 17.2 Å². The molecule has 0 saturated heterocycles. The molecule has 0 bridgehead atoms. The van der Waals surface area contributed by atoms with E-state index >= 15 is 0 Å². The number of hydrogen-bond donors (Lipinski definition) is 2. The first-order valence-corrected chi connectivity index (χ1v) is 9.87. The Morgan fingerprint density at radius 3 is 2.85 bits per heavy atom. The Kier molecular flexibility index (Phi) is 4.44. The predicted octanol–water partition coefficient (Wildman–Crippen LogP) is 4.08. The quantitative estimate of drug-likeness (QED) is 0.719. The zero-order valence-electron chi connectivity index (χ0n) is 15.3. The van der Waals surface area contributed by atoms with Crippen LogP contribution in [0.15, 0.2) is 30.3 Å². The maximum Gasteiger partial charge on any atom is 0.257 e. The van der Waals surface area contributed by atoms with Crippen LogP contribution in [0.2, 0.25) is 0 Å². The number of primary amides is 1. The summed E-state index contributed by atoms with van der Waals surface area (Å²) in [5.74, 6) is -0.147. The molecule has 2 heterocycles. The zero-order chi connectivity index (χ0) is 19.1. The maximum atomic E-state index is 13.0. The summed E-state index contributed by atoms with van der Waals surface area (Å²) in [5.41, 5.74) is 9.24. The molecule has 0 radical (unpaired) electrons. The van der Waals surface area contributed by atoms with Gasteiger partial charge in [0, 0.05) is 16.0 Å². The van der Waals surface area contributed by atoms with Crippen LogP contribution >= 0.6 is 11.3 Å². The topological polar surface area (TPSA) is 85.1 Å². The second-order valence-corrected chi connectivity index (χ2v) is 8.31. The van der Waals surface area contributed by atoms with Gasteiger partial charge in [-0.15, -0.1) is 11.3 Å². The van der Waals surface area contributed by atoms with E-state index in [-0.39, 0.29) is 5.91 Å². The lowest BCUT2D eigenvalue weighted by Crippen LogP contribution is -2.19. The van der Waals surface area contributed by atoms with Crippen molar-refractivity contribution in [3.63, 3.8) is 0 Å². The van der Waals surface area contributed by atoms with Gasteiger partial charge in [0.15, 0.2) is 0 Å². The van der Waals surface area contributed by atoms with Gasteiger partial charge in [0.25, 0.3) is 11.8 Å². The largest absolute Gasteiger partial charge is 0.365 e. The fraction of sp³-hybridized carbons (Fsp3) is 0.286. The molecule has 2 amide bonds. The summed E-state index contributed by atoms with van der Waals surface area (Å²) in [5, 5.41) is 4.30. The average Bonchev–Trinajstić information content (AvgIpc) is 2.97. The van der Waals surface area contributed by atoms with Crippen molar-refractivity contribution >= 4 is 39.1 Å². The third-order valence-electron chi connectivity index (χ3n) is 5.07. The van der Waals surface area contributed by atoms with Gasteiger partial charge in [0.2, 0.25) is 0 Å². The number of para-hydroxylation sites is 1. The smallest absolute Gasteiger partial charge is 0.257 e. The number of aromatic nitrogens is 1. The lowest BCUT2D eigenvalue weighted by Gasteiger charge is -2.18. The SMILES string of the molecule is Cc1cc(C(=O)Nc2sc3c(c2C(N)=O)CC[C@@H](C)C3)c2ccccc2n1. The average molecular weight is 379 g/mol. The molecular formula is C21H21N3O2S. The summed E-state index contributed by atoms with van der Waals surface area (Å²) >= 11 is 1.48. The van der Waals surface area contributed by atoms with E-state index in [0.29, 0.717) is 22.0 Å². The maximum absolute atomic E-state index is 13.0. The first kappa shape index (κ1) is 17.7. The zero-order valence-corrected chi connectivity index (χ0v) is 16.2. The number of fused-ring (bicyclic) bond motifs is 2. The highest BCUT2D eigenvalue weighted by Gasteiger charge is 2.27. The Balaban J connectivity index is 1.75. The van der Waals surface area contributed by atoms with E-state index in [0.717, 1.165) is 46.3 Å². The number of carbonyl (C=O) groups excluding carboxylic acids is 2. The molecule has 5 nitrogen and oxygen atoms in total. The number of hydrogen-bond acceptors (Lipinski definition) is 4. The minimum atomic E-state index is -0.479. The van der Waals surface area contributed by atoms with Crippen LogP contribution in [0, 0.1) is 12.8 Å². The first-order chi connectivity index (χ1) is 12.9. The van der Waals surface area contributed by atoms with Gasteiger partial charge in [-0.1, -0.05) is 25.1 Å². The van der Waals surface area contributed by atoms with Gasteiger partial charge in [-0.2, -0.15) is 0 Å². The second kappa shape index (κ2) is 6.78. The summed E-state index contributed by atoms with van der Waals surface area (Å²) in [6.07, 6.45) is 2.79. The van der Waals surface area contributed by atoms with Crippen LogP contribution in [0.25, 0.3) is 10.9 Å². The predicted molar refractivity (Wildman–Crippen MR) is 108 cm³/mol. The van der Waals surface area contributed by atoms with Crippen LogP contribution in [0.4, 0.5) is 5.00 Å². The molecule has 3 N–H and O–H groups in total. The molecule has 0 aliphatic heterocycles. The lowest BCUT2D eigenvalue weighted by molar-refractivity contribution is 0.1000. The minimum Gasteiger partial charge on any atom is -0.365 e. The Hall–Kier alpha value is -2.73. The number of carbonyl (C=O) groups is 2. The minimum absolute atomic E-state index is 0.245. The molecule has 0 saturated carbocycles. The summed E-state index contributed by atoms with van der Waals surface area (Å²) in [4.78, 5) is 30.8. The van der Waals surface area contributed by atoms with Gasteiger partial charge in [-0.25, -0.2) is 0 Å². The lowest BCUT2D eigenvalue weighted by atomic mass is 9.88. The van der Waals surface area contributed by atoms with Crippen LogP contribution in [-0.2, 0) is 12.8 Å². The molecule has 3 aromatic rings. The summed E-state index contributed by atoms with van der Waals surface area (Å²) < 4.78 is 0. The Morgan fingerprint density at radius 2 is 2.07 bits per heavy atom.